The Morgan fingerprint density at radius 3 is 2.73 bits per heavy atom. The number of carbonyl (C=O) groups is 1. The lowest BCUT2D eigenvalue weighted by Crippen LogP contribution is -2.24. The van der Waals surface area contributed by atoms with Crippen LogP contribution in [0.3, 0.4) is 0 Å². The van der Waals surface area contributed by atoms with Crippen LogP contribution in [0.5, 0.6) is 0 Å². The molecule has 2 aromatic heterocycles. The maximum atomic E-state index is 12.1. The predicted octanol–water partition coefficient (Wildman–Crippen LogP) is 3.08. The molecule has 3 aromatic rings. The van der Waals surface area contributed by atoms with Crippen molar-refractivity contribution in [2.45, 2.75) is 32.1 Å². The van der Waals surface area contributed by atoms with Crippen molar-refractivity contribution in [1.82, 2.24) is 25.1 Å². The van der Waals surface area contributed by atoms with Crippen LogP contribution in [0, 0.1) is 6.92 Å². The molecule has 0 saturated carbocycles. The minimum absolute atomic E-state index is 0.0328. The topological polar surface area (TPSA) is 72.7 Å². The van der Waals surface area contributed by atoms with Crippen molar-refractivity contribution in [3.8, 4) is 11.4 Å². The molecule has 7 heteroatoms. The van der Waals surface area contributed by atoms with Gasteiger partial charge >= 0.3 is 0 Å². The third-order valence-electron chi connectivity index (χ3n) is 3.88. The SMILES string of the molecule is CCn1c(SCC(=O)NCc2ccncc2)nnc1-c1cccc(C)c1. The van der Waals surface area contributed by atoms with Crippen LogP contribution in [0.25, 0.3) is 11.4 Å². The number of amides is 1. The van der Waals surface area contributed by atoms with E-state index in [0.29, 0.717) is 12.3 Å². The molecule has 0 saturated heterocycles. The third kappa shape index (κ3) is 4.49. The number of hydrogen-bond acceptors (Lipinski definition) is 5. The number of benzene rings is 1. The van der Waals surface area contributed by atoms with Gasteiger partial charge in [0.05, 0.1) is 5.75 Å². The third-order valence-corrected chi connectivity index (χ3v) is 4.85. The fourth-order valence-electron chi connectivity index (χ4n) is 2.56. The van der Waals surface area contributed by atoms with E-state index < -0.39 is 0 Å². The molecule has 0 fully saturated rings. The fourth-order valence-corrected chi connectivity index (χ4v) is 3.39. The first-order valence-electron chi connectivity index (χ1n) is 8.46. The Morgan fingerprint density at radius 2 is 2.00 bits per heavy atom. The summed E-state index contributed by atoms with van der Waals surface area (Å²) in [5.41, 5.74) is 3.24. The maximum absolute atomic E-state index is 12.1. The average molecular weight is 367 g/mol. The van der Waals surface area contributed by atoms with Crippen LogP contribution in [0.4, 0.5) is 0 Å². The Labute approximate surface area is 157 Å². The first-order valence-corrected chi connectivity index (χ1v) is 9.44. The molecule has 1 amide bonds. The molecule has 0 aliphatic rings. The summed E-state index contributed by atoms with van der Waals surface area (Å²) in [6, 6.07) is 12.0. The fraction of sp³-hybridized carbons (Fsp3) is 0.263. The van der Waals surface area contributed by atoms with Gasteiger partial charge in [0, 0.05) is 31.0 Å². The molecule has 0 aliphatic heterocycles. The van der Waals surface area contributed by atoms with Crippen LogP contribution in [0.2, 0.25) is 0 Å². The first kappa shape index (κ1) is 18.1. The Balaban J connectivity index is 1.62. The molecule has 0 bridgehead atoms. The highest BCUT2D eigenvalue weighted by molar-refractivity contribution is 7.99. The molecular formula is C19H21N5OS. The summed E-state index contributed by atoms with van der Waals surface area (Å²) in [7, 11) is 0. The van der Waals surface area contributed by atoms with E-state index in [0.717, 1.165) is 28.7 Å². The van der Waals surface area contributed by atoms with E-state index in [1.807, 2.05) is 28.8 Å². The van der Waals surface area contributed by atoms with Gasteiger partial charge in [0.25, 0.3) is 0 Å². The molecule has 134 valence electrons. The number of hydrogen-bond donors (Lipinski definition) is 1. The number of nitrogens with zero attached hydrogens (tertiary/aromatic N) is 4. The molecule has 6 nitrogen and oxygen atoms in total. The zero-order valence-electron chi connectivity index (χ0n) is 14.8. The minimum Gasteiger partial charge on any atom is -0.351 e. The van der Waals surface area contributed by atoms with E-state index in [4.69, 9.17) is 0 Å². The van der Waals surface area contributed by atoms with Gasteiger partial charge in [0.15, 0.2) is 11.0 Å². The van der Waals surface area contributed by atoms with Gasteiger partial charge in [-0.15, -0.1) is 10.2 Å². The van der Waals surface area contributed by atoms with Crippen LogP contribution in [0.15, 0.2) is 53.9 Å². The van der Waals surface area contributed by atoms with Gasteiger partial charge < -0.3 is 9.88 Å². The molecule has 26 heavy (non-hydrogen) atoms. The summed E-state index contributed by atoms with van der Waals surface area (Å²) in [6.07, 6.45) is 3.43. The van der Waals surface area contributed by atoms with Crippen molar-refractivity contribution in [3.05, 3.63) is 59.9 Å². The highest BCUT2D eigenvalue weighted by Crippen LogP contribution is 2.24. The molecule has 0 aliphatic carbocycles. The standard InChI is InChI=1S/C19H21N5OS/c1-3-24-18(16-6-4-5-14(2)11-16)22-23-19(24)26-13-17(25)21-12-15-7-9-20-10-8-15/h4-11H,3,12-13H2,1-2H3,(H,21,25). The molecule has 1 aromatic carbocycles. The highest BCUT2D eigenvalue weighted by Gasteiger charge is 2.14. The van der Waals surface area contributed by atoms with Crippen LogP contribution >= 0.6 is 11.8 Å². The van der Waals surface area contributed by atoms with Crippen molar-refractivity contribution in [3.63, 3.8) is 0 Å². The first-order chi connectivity index (χ1) is 12.7. The largest absolute Gasteiger partial charge is 0.351 e. The summed E-state index contributed by atoms with van der Waals surface area (Å²) in [5, 5.41) is 12.3. The Bertz CT molecular complexity index is 879. The number of aryl methyl sites for hydroxylation is 1. The Kier molecular flexibility index (Phi) is 6.01. The van der Waals surface area contributed by atoms with E-state index >= 15 is 0 Å². The second-order valence-corrected chi connectivity index (χ2v) is 6.78. The van der Waals surface area contributed by atoms with E-state index in [1.54, 1.807) is 12.4 Å². The number of pyridine rings is 1. The molecule has 0 unspecified atom stereocenters. The second kappa shape index (κ2) is 8.62. The van der Waals surface area contributed by atoms with E-state index in [-0.39, 0.29) is 5.91 Å². The summed E-state index contributed by atoms with van der Waals surface area (Å²) in [4.78, 5) is 16.1. The summed E-state index contributed by atoms with van der Waals surface area (Å²) < 4.78 is 2.04. The molecule has 0 radical (unpaired) electrons. The van der Waals surface area contributed by atoms with Crippen molar-refractivity contribution >= 4 is 17.7 Å². The van der Waals surface area contributed by atoms with Gasteiger partial charge in [0.2, 0.25) is 5.91 Å². The van der Waals surface area contributed by atoms with Gasteiger partial charge in [-0.2, -0.15) is 0 Å². The lowest BCUT2D eigenvalue weighted by molar-refractivity contribution is -0.118. The normalized spacial score (nSPS) is 10.7. The number of nitrogens with one attached hydrogen (secondary N) is 1. The predicted molar refractivity (Wildman–Crippen MR) is 103 cm³/mol. The van der Waals surface area contributed by atoms with E-state index in [2.05, 4.69) is 46.5 Å². The molecule has 2 heterocycles. The van der Waals surface area contributed by atoms with Gasteiger partial charge in [-0.25, -0.2) is 0 Å². The lowest BCUT2D eigenvalue weighted by Gasteiger charge is -2.08. The van der Waals surface area contributed by atoms with Crippen LogP contribution in [-0.4, -0.2) is 31.4 Å². The molecule has 0 atom stereocenters. The van der Waals surface area contributed by atoms with Crippen molar-refractivity contribution in [1.29, 1.82) is 0 Å². The smallest absolute Gasteiger partial charge is 0.230 e. The average Bonchev–Trinajstić information content (AvgIpc) is 3.08. The van der Waals surface area contributed by atoms with E-state index in [1.165, 1.54) is 17.3 Å². The van der Waals surface area contributed by atoms with Crippen LogP contribution in [0.1, 0.15) is 18.1 Å². The summed E-state index contributed by atoms with van der Waals surface area (Å²) >= 11 is 1.40. The number of aromatic nitrogens is 4. The van der Waals surface area contributed by atoms with Crippen LogP contribution in [-0.2, 0) is 17.9 Å². The molecule has 0 spiro atoms. The van der Waals surface area contributed by atoms with Crippen molar-refractivity contribution in [2.24, 2.45) is 0 Å². The minimum atomic E-state index is -0.0328. The van der Waals surface area contributed by atoms with Crippen molar-refractivity contribution < 1.29 is 4.79 Å². The van der Waals surface area contributed by atoms with Gasteiger partial charge in [0.1, 0.15) is 0 Å². The van der Waals surface area contributed by atoms with E-state index in [9.17, 15) is 4.79 Å². The molecule has 1 N–H and O–H groups in total. The Hall–Kier alpha value is -2.67. The zero-order chi connectivity index (χ0) is 18.4. The second-order valence-electron chi connectivity index (χ2n) is 5.84. The maximum Gasteiger partial charge on any atom is 0.230 e. The highest BCUT2D eigenvalue weighted by atomic mass is 32.2. The monoisotopic (exact) mass is 367 g/mol. The van der Waals surface area contributed by atoms with Crippen LogP contribution < -0.4 is 5.32 Å². The lowest BCUT2D eigenvalue weighted by atomic mass is 10.1. The summed E-state index contributed by atoms with van der Waals surface area (Å²) in [6.45, 7) is 5.35. The van der Waals surface area contributed by atoms with Gasteiger partial charge in [-0.3, -0.25) is 9.78 Å². The van der Waals surface area contributed by atoms with Crippen molar-refractivity contribution in [2.75, 3.05) is 5.75 Å². The molecular weight excluding hydrogens is 346 g/mol. The summed E-state index contributed by atoms with van der Waals surface area (Å²) in [5.74, 6) is 1.10. The number of thioether (sulfide) groups is 1. The molecule has 3 rings (SSSR count). The number of carbonyl (C=O) groups excluding carboxylic acids is 1. The van der Waals surface area contributed by atoms with Gasteiger partial charge in [-0.05, 0) is 37.6 Å². The quantitative estimate of drug-likeness (QED) is 0.650. The van der Waals surface area contributed by atoms with Gasteiger partial charge in [-0.1, -0.05) is 35.5 Å². The Morgan fingerprint density at radius 1 is 1.19 bits per heavy atom. The number of rotatable bonds is 7. The zero-order valence-corrected chi connectivity index (χ0v) is 15.7.